The average molecular weight is 265 g/mol. The van der Waals surface area contributed by atoms with Gasteiger partial charge in [0.15, 0.2) is 0 Å². The number of ether oxygens (including phenoxy) is 1. The summed E-state index contributed by atoms with van der Waals surface area (Å²) in [5.74, 6) is 1.26. The van der Waals surface area contributed by atoms with E-state index in [4.69, 9.17) is 4.74 Å². The van der Waals surface area contributed by atoms with E-state index < -0.39 is 0 Å². The van der Waals surface area contributed by atoms with Gasteiger partial charge in [-0.25, -0.2) is 4.98 Å². The highest BCUT2D eigenvalue weighted by molar-refractivity contribution is 5.93. The summed E-state index contributed by atoms with van der Waals surface area (Å²) in [6.07, 6.45) is 2.40. The van der Waals surface area contributed by atoms with E-state index in [1.54, 1.807) is 19.4 Å². The highest BCUT2D eigenvalue weighted by Gasteiger charge is 2.05. The second kappa shape index (κ2) is 8.48. The minimum absolute atomic E-state index is 0.0981. The maximum atomic E-state index is 11.8. The Balaban J connectivity index is 2.40. The van der Waals surface area contributed by atoms with E-state index in [-0.39, 0.29) is 5.91 Å². The van der Waals surface area contributed by atoms with Gasteiger partial charge in [0, 0.05) is 33.0 Å². The van der Waals surface area contributed by atoms with Gasteiger partial charge in [0.25, 0.3) is 5.91 Å². The van der Waals surface area contributed by atoms with Gasteiger partial charge in [-0.2, -0.15) is 0 Å². The quantitative estimate of drug-likeness (QED) is 0.705. The predicted octanol–water partition coefficient (Wildman–Crippen LogP) is 1.92. The Morgan fingerprint density at radius 2 is 2.21 bits per heavy atom. The van der Waals surface area contributed by atoms with Crippen LogP contribution in [-0.4, -0.2) is 37.7 Å². The lowest BCUT2D eigenvalue weighted by Gasteiger charge is -2.09. The number of pyridine rings is 1. The Labute approximate surface area is 114 Å². The van der Waals surface area contributed by atoms with E-state index in [9.17, 15) is 4.79 Å². The molecular weight excluding hydrogens is 242 g/mol. The number of hydrogen-bond donors (Lipinski definition) is 2. The summed E-state index contributed by atoms with van der Waals surface area (Å²) >= 11 is 0. The van der Waals surface area contributed by atoms with Crippen LogP contribution in [0, 0.1) is 5.92 Å². The fourth-order valence-electron chi connectivity index (χ4n) is 1.46. The molecule has 1 heterocycles. The predicted molar refractivity (Wildman–Crippen MR) is 76.4 cm³/mol. The number of nitrogens with one attached hydrogen (secondary N) is 2. The standard InChI is InChI=1S/C14H23N3O2/c1-11(2)9-16-13-6-5-12(10-17-13)14(18)15-7-4-8-19-3/h5-6,10-11H,4,7-9H2,1-3H3,(H,15,18)(H,16,17). The molecule has 0 saturated heterocycles. The zero-order chi connectivity index (χ0) is 14.1. The van der Waals surface area contributed by atoms with Crippen LogP contribution in [0.4, 0.5) is 5.82 Å². The van der Waals surface area contributed by atoms with Gasteiger partial charge in [-0.15, -0.1) is 0 Å². The summed E-state index contributed by atoms with van der Waals surface area (Å²) in [5.41, 5.74) is 0.576. The van der Waals surface area contributed by atoms with Crippen LogP contribution in [0.2, 0.25) is 0 Å². The van der Waals surface area contributed by atoms with Crippen LogP contribution < -0.4 is 10.6 Å². The third-order valence-corrected chi connectivity index (χ3v) is 2.53. The van der Waals surface area contributed by atoms with Gasteiger partial charge >= 0.3 is 0 Å². The number of methoxy groups -OCH3 is 1. The van der Waals surface area contributed by atoms with Gasteiger partial charge < -0.3 is 15.4 Å². The van der Waals surface area contributed by atoms with Crippen LogP contribution in [0.1, 0.15) is 30.6 Å². The third kappa shape index (κ3) is 6.20. The van der Waals surface area contributed by atoms with E-state index in [1.807, 2.05) is 6.07 Å². The molecule has 0 atom stereocenters. The Morgan fingerprint density at radius 1 is 1.42 bits per heavy atom. The van der Waals surface area contributed by atoms with E-state index in [0.29, 0.717) is 24.6 Å². The van der Waals surface area contributed by atoms with Crippen molar-refractivity contribution >= 4 is 11.7 Å². The van der Waals surface area contributed by atoms with E-state index >= 15 is 0 Å². The van der Waals surface area contributed by atoms with Crippen LogP contribution in [0.3, 0.4) is 0 Å². The molecule has 1 amide bonds. The normalized spacial score (nSPS) is 10.5. The number of amides is 1. The Bertz CT molecular complexity index is 377. The van der Waals surface area contributed by atoms with Crippen LogP contribution >= 0.6 is 0 Å². The van der Waals surface area contributed by atoms with Crippen LogP contribution in [-0.2, 0) is 4.74 Å². The highest BCUT2D eigenvalue weighted by Crippen LogP contribution is 2.06. The lowest BCUT2D eigenvalue weighted by atomic mass is 10.2. The fourth-order valence-corrected chi connectivity index (χ4v) is 1.46. The monoisotopic (exact) mass is 265 g/mol. The van der Waals surface area contributed by atoms with Crippen molar-refractivity contribution < 1.29 is 9.53 Å². The van der Waals surface area contributed by atoms with Crippen molar-refractivity contribution in [1.82, 2.24) is 10.3 Å². The smallest absolute Gasteiger partial charge is 0.252 e. The zero-order valence-electron chi connectivity index (χ0n) is 11.9. The molecule has 0 aliphatic carbocycles. The SMILES string of the molecule is COCCCNC(=O)c1ccc(NCC(C)C)nc1. The summed E-state index contributed by atoms with van der Waals surface area (Å²) < 4.78 is 4.92. The number of anilines is 1. The molecule has 106 valence electrons. The lowest BCUT2D eigenvalue weighted by Crippen LogP contribution is -2.25. The van der Waals surface area contributed by atoms with Gasteiger partial charge in [-0.3, -0.25) is 4.79 Å². The molecule has 0 aromatic carbocycles. The zero-order valence-corrected chi connectivity index (χ0v) is 11.9. The number of carbonyl (C=O) groups excluding carboxylic acids is 1. The van der Waals surface area contributed by atoms with Crippen LogP contribution in [0.5, 0.6) is 0 Å². The molecule has 0 saturated carbocycles. The average Bonchev–Trinajstić information content (AvgIpc) is 2.41. The lowest BCUT2D eigenvalue weighted by molar-refractivity contribution is 0.0948. The van der Waals surface area contributed by atoms with E-state index in [0.717, 1.165) is 18.8 Å². The van der Waals surface area contributed by atoms with Crippen molar-refractivity contribution in [1.29, 1.82) is 0 Å². The largest absolute Gasteiger partial charge is 0.385 e. The molecule has 0 aliphatic rings. The van der Waals surface area contributed by atoms with Crippen LogP contribution in [0.25, 0.3) is 0 Å². The topological polar surface area (TPSA) is 63.2 Å². The summed E-state index contributed by atoms with van der Waals surface area (Å²) in [6.45, 7) is 6.40. The maximum absolute atomic E-state index is 11.8. The molecule has 5 heteroatoms. The van der Waals surface area contributed by atoms with Crippen molar-refractivity contribution in [2.75, 3.05) is 32.1 Å². The highest BCUT2D eigenvalue weighted by atomic mass is 16.5. The molecule has 0 radical (unpaired) electrons. The molecule has 1 rings (SSSR count). The van der Waals surface area contributed by atoms with Crippen molar-refractivity contribution in [2.24, 2.45) is 5.92 Å². The minimum atomic E-state index is -0.0981. The minimum Gasteiger partial charge on any atom is -0.385 e. The van der Waals surface area contributed by atoms with E-state index in [1.165, 1.54) is 0 Å². The molecule has 2 N–H and O–H groups in total. The Morgan fingerprint density at radius 3 is 2.79 bits per heavy atom. The summed E-state index contributed by atoms with van der Waals surface area (Å²) in [7, 11) is 1.65. The molecule has 0 bridgehead atoms. The number of carbonyl (C=O) groups is 1. The molecule has 19 heavy (non-hydrogen) atoms. The van der Waals surface area contributed by atoms with E-state index in [2.05, 4.69) is 29.5 Å². The van der Waals surface area contributed by atoms with Crippen molar-refractivity contribution in [2.45, 2.75) is 20.3 Å². The number of hydrogen-bond acceptors (Lipinski definition) is 4. The molecule has 1 aromatic heterocycles. The first-order chi connectivity index (χ1) is 9.13. The van der Waals surface area contributed by atoms with Gasteiger partial charge in [0.1, 0.15) is 5.82 Å². The van der Waals surface area contributed by atoms with Gasteiger partial charge in [0.05, 0.1) is 5.56 Å². The number of rotatable bonds is 8. The first-order valence-corrected chi connectivity index (χ1v) is 6.60. The summed E-state index contributed by atoms with van der Waals surface area (Å²) in [6, 6.07) is 3.60. The molecule has 0 aliphatic heterocycles. The van der Waals surface area contributed by atoms with Crippen LogP contribution in [0.15, 0.2) is 18.3 Å². The first kappa shape index (κ1) is 15.4. The number of nitrogens with zero attached hydrogens (tertiary/aromatic N) is 1. The second-order valence-electron chi connectivity index (χ2n) is 4.81. The second-order valence-corrected chi connectivity index (χ2v) is 4.81. The molecule has 0 fully saturated rings. The number of aromatic nitrogens is 1. The summed E-state index contributed by atoms with van der Waals surface area (Å²) in [5, 5.41) is 6.03. The molecular formula is C14H23N3O2. The maximum Gasteiger partial charge on any atom is 0.252 e. The Hall–Kier alpha value is -1.62. The fraction of sp³-hybridized carbons (Fsp3) is 0.571. The van der Waals surface area contributed by atoms with Crippen molar-refractivity contribution in [3.8, 4) is 0 Å². The summed E-state index contributed by atoms with van der Waals surface area (Å²) in [4.78, 5) is 16.0. The molecule has 0 spiro atoms. The third-order valence-electron chi connectivity index (χ3n) is 2.53. The molecule has 0 unspecified atom stereocenters. The van der Waals surface area contributed by atoms with Gasteiger partial charge in [-0.1, -0.05) is 13.8 Å². The Kier molecular flexibility index (Phi) is 6.89. The van der Waals surface area contributed by atoms with Gasteiger partial charge in [-0.05, 0) is 24.5 Å². The molecule has 1 aromatic rings. The van der Waals surface area contributed by atoms with Gasteiger partial charge in [0.2, 0.25) is 0 Å². The van der Waals surface area contributed by atoms with Crippen molar-refractivity contribution in [3.63, 3.8) is 0 Å². The first-order valence-electron chi connectivity index (χ1n) is 6.60. The molecule has 5 nitrogen and oxygen atoms in total. The van der Waals surface area contributed by atoms with Crippen molar-refractivity contribution in [3.05, 3.63) is 23.9 Å².